The molecule has 0 saturated heterocycles. The van der Waals surface area contributed by atoms with E-state index in [9.17, 15) is 5.11 Å². The van der Waals surface area contributed by atoms with Crippen molar-refractivity contribution >= 4 is 11.3 Å². The molecule has 0 aliphatic carbocycles. The quantitative estimate of drug-likeness (QED) is 0.791. The summed E-state index contributed by atoms with van der Waals surface area (Å²) in [5, 5.41) is 11.8. The molecule has 0 spiro atoms. The van der Waals surface area contributed by atoms with Gasteiger partial charge in [0.15, 0.2) is 0 Å². The smallest absolute Gasteiger partial charge is 0.124 e. The van der Waals surface area contributed by atoms with Gasteiger partial charge in [0.1, 0.15) is 5.75 Å². The van der Waals surface area contributed by atoms with Crippen molar-refractivity contribution in [2.75, 3.05) is 0 Å². The predicted octanol–water partition coefficient (Wildman–Crippen LogP) is 3.68. The summed E-state index contributed by atoms with van der Waals surface area (Å²) in [6.45, 7) is 2.14. The minimum absolute atomic E-state index is 0.358. The molecule has 72 valence electrons. The zero-order chi connectivity index (χ0) is 9.97. The second-order valence-electron chi connectivity index (χ2n) is 3.19. The van der Waals surface area contributed by atoms with Gasteiger partial charge in [-0.2, -0.15) is 0 Å². The maximum absolute atomic E-state index is 9.65. The van der Waals surface area contributed by atoms with E-state index in [1.165, 1.54) is 5.56 Å². The highest BCUT2D eigenvalue weighted by molar-refractivity contribution is 7.13. The minimum Gasteiger partial charge on any atom is -0.507 e. The number of phenols is 1. The standard InChI is InChI=1S/C12H12OS/c1-2-9-7-12(14-8-9)10-5-3-4-6-11(10)13/h3-8,13H,2H2,1H3. The molecular formula is C12H12OS. The molecule has 1 aromatic carbocycles. The van der Waals surface area contributed by atoms with Crippen molar-refractivity contribution in [1.82, 2.24) is 0 Å². The summed E-state index contributed by atoms with van der Waals surface area (Å²) in [5.41, 5.74) is 2.26. The number of rotatable bonds is 2. The summed E-state index contributed by atoms with van der Waals surface area (Å²) in [4.78, 5) is 1.14. The Bertz CT molecular complexity index is 431. The zero-order valence-electron chi connectivity index (χ0n) is 8.03. The van der Waals surface area contributed by atoms with E-state index in [0.29, 0.717) is 5.75 Å². The van der Waals surface area contributed by atoms with Gasteiger partial charge in [-0.15, -0.1) is 11.3 Å². The summed E-state index contributed by atoms with van der Waals surface area (Å²) in [6.07, 6.45) is 1.05. The molecular weight excluding hydrogens is 192 g/mol. The van der Waals surface area contributed by atoms with Crippen LogP contribution in [0.1, 0.15) is 12.5 Å². The van der Waals surface area contributed by atoms with Gasteiger partial charge < -0.3 is 5.11 Å². The Morgan fingerprint density at radius 1 is 1.29 bits per heavy atom. The van der Waals surface area contributed by atoms with Crippen LogP contribution >= 0.6 is 11.3 Å². The first-order valence-electron chi connectivity index (χ1n) is 4.67. The molecule has 0 atom stereocenters. The maximum atomic E-state index is 9.65. The Kier molecular flexibility index (Phi) is 2.55. The fourth-order valence-corrected chi connectivity index (χ4v) is 2.42. The third-order valence-corrected chi connectivity index (χ3v) is 3.24. The van der Waals surface area contributed by atoms with E-state index in [1.807, 2.05) is 18.2 Å². The lowest BCUT2D eigenvalue weighted by molar-refractivity contribution is 0.477. The van der Waals surface area contributed by atoms with Gasteiger partial charge in [-0.25, -0.2) is 0 Å². The lowest BCUT2D eigenvalue weighted by atomic mass is 10.1. The van der Waals surface area contributed by atoms with E-state index in [1.54, 1.807) is 17.4 Å². The molecule has 0 bridgehead atoms. The molecule has 0 aliphatic rings. The molecule has 1 N–H and O–H groups in total. The monoisotopic (exact) mass is 204 g/mol. The van der Waals surface area contributed by atoms with E-state index in [0.717, 1.165) is 16.9 Å². The van der Waals surface area contributed by atoms with Crippen molar-refractivity contribution in [3.8, 4) is 16.2 Å². The van der Waals surface area contributed by atoms with Gasteiger partial charge >= 0.3 is 0 Å². The lowest BCUT2D eigenvalue weighted by Crippen LogP contribution is -1.74. The van der Waals surface area contributed by atoms with Crippen molar-refractivity contribution in [1.29, 1.82) is 0 Å². The number of phenolic OH excluding ortho intramolecular Hbond substituents is 1. The van der Waals surface area contributed by atoms with Gasteiger partial charge in [-0.1, -0.05) is 19.1 Å². The Balaban J connectivity index is 2.44. The summed E-state index contributed by atoms with van der Waals surface area (Å²) < 4.78 is 0. The average Bonchev–Trinajstić information content (AvgIpc) is 2.67. The zero-order valence-corrected chi connectivity index (χ0v) is 8.84. The van der Waals surface area contributed by atoms with Gasteiger partial charge in [0, 0.05) is 10.4 Å². The second kappa shape index (κ2) is 3.84. The molecule has 2 heteroatoms. The van der Waals surface area contributed by atoms with Crippen molar-refractivity contribution in [2.24, 2.45) is 0 Å². The number of benzene rings is 1. The number of thiophene rings is 1. The highest BCUT2D eigenvalue weighted by Gasteiger charge is 2.05. The largest absolute Gasteiger partial charge is 0.507 e. The number of aryl methyl sites for hydroxylation is 1. The van der Waals surface area contributed by atoms with Gasteiger partial charge in [-0.05, 0) is 35.6 Å². The van der Waals surface area contributed by atoms with E-state index >= 15 is 0 Å². The Hall–Kier alpha value is -1.28. The van der Waals surface area contributed by atoms with Crippen LogP contribution in [-0.2, 0) is 6.42 Å². The summed E-state index contributed by atoms with van der Waals surface area (Å²) in [5.74, 6) is 0.358. The molecule has 2 rings (SSSR count). The van der Waals surface area contributed by atoms with Crippen LogP contribution in [0.3, 0.4) is 0 Å². The van der Waals surface area contributed by atoms with E-state index in [-0.39, 0.29) is 0 Å². The first-order chi connectivity index (χ1) is 6.81. The molecule has 0 radical (unpaired) electrons. The van der Waals surface area contributed by atoms with E-state index < -0.39 is 0 Å². The van der Waals surface area contributed by atoms with Crippen LogP contribution in [0.2, 0.25) is 0 Å². The van der Waals surface area contributed by atoms with Crippen molar-refractivity contribution < 1.29 is 5.11 Å². The Labute approximate surface area is 87.7 Å². The van der Waals surface area contributed by atoms with Crippen LogP contribution in [-0.4, -0.2) is 5.11 Å². The molecule has 0 unspecified atom stereocenters. The van der Waals surface area contributed by atoms with Crippen LogP contribution < -0.4 is 0 Å². The van der Waals surface area contributed by atoms with Crippen LogP contribution in [0.5, 0.6) is 5.75 Å². The third-order valence-electron chi connectivity index (χ3n) is 2.23. The Morgan fingerprint density at radius 3 is 2.71 bits per heavy atom. The average molecular weight is 204 g/mol. The highest BCUT2D eigenvalue weighted by Crippen LogP contribution is 2.33. The SMILES string of the molecule is CCc1csc(-c2ccccc2O)c1. The summed E-state index contributed by atoms with van der Waals surface area (Å²) >= 11 is 1.68. The summed E-state index contributed by atoms with van der Waals surface area (Å²) in [6, 6.07) is 9.59. The van der Waals surface area contributed by atoms with Crippen molar-refractivity contribution in [3.63, 3.8) is 0 Å². The normalized spacial score (nSPS) is 10.4. The molecule has 14 heavy (non-hydrogen) atoms. The first kappa shape index (κ1) is 9.28. The molecule has 1 heterocycles. The number of hydrogen-bond acceptors (Lipinski definition) is 2. The first-order valence-corrected chi connectivity index (χ1v) is 5.55. The predicted molar refractivity (Wildman–Crippen MR) is 60.8 cm³/mol. The lowest BCUT2D eigenvalue weighted by Gasteiger charge is -1.99. The maximum Gasteiger partial charge on any atom is 0.124 e. The van der Waals surface area contributed by atoms with Crippen molar-refractivity contribution in [2.45, 2.75) is 13.3 Å². The van der Waals surface area contributed by atoms with E-state index in [4.69, 9.17) is 0 Å². The van der Waals surface area contributed by atoms with E-state index in [2.05, 4.69) is 18.4 Å². The fourth-order valence-electron chi connectivity index (χ4n) is 1.38. The fraction of sp³-hybridized carbons (Fsp3) is 0.167. The molecule has 0 saturated carbocycles. The van der Waals surface area contributed by atoms with Gasteiger partial charge in [-0.3, -0.25) is 0 Å². The molecule has 0 amide bonds. The second-order valence-corrected chi connectivity index (χ2v) is 4.10. The molecule has 0 aliphatic heterocycles. The summed E-state index contributed by atoms with van der Waals surface area (Å²) in [7, 11) is 0. The molecule has 0 fully saturated rings. The van der Waals surface area contributed by atoms with Crippen LogP contribution in [0, 0.1) is 0 Å². The van der Waals surface area contributed by atoms with Gasteiger partial charge in [0.25, 0.3) is 0 Å². The van der Waals surface area contributed by atoms with Crippen LogP contribution in [0.15, 0.2) is 35.7 Å². The number of aromatic hydroxyl groups is 1. The number of para-hydroxylation sites is 1. The van der Waals surface area contributed by atoms with Gasteiger partial charge in [0.2, 0.25) is 0 Å². The Morgan fingerprint density at radius 2 is 2.07 bits per heavy atom. The number of hydrogen-bond donors (Lipinski definition) is 1. The molecule has 2 aromatic rings. The third kappa shape index (κ3) is 1.66. The minimum atomic E-state index is 0.358. The molecule has 1 nitrogen and oxygen atoms in total. The van der Waals surface area contributed by atoms with Crippen LogP contribution in [0.4, 0.5) is 0 Å². The highest BCUT2D eigenvalue weighted by atomic mass is 32.1. The van der Waals surface area contributed by atoms with Gasteiger partial charge in [0.05, 0.1) is 0 Å². The topological polar surface area (TPSA) is 20.2 Å². The van der Waals surface area contributed by atoms with Crippen molar-refractivity contribution in [3.05, 3.63) is 41.3 Å². The molecule has 1 aromatic heterocycles. The van der Waals surface area contributed by atoms with Crippen LogP contribution in [0.25, 0.3) is 10.4 Å².